The molecule has 4 rings (SSSR count). The maximum Gasteiger partial charge on any atom is 0.251 e. The molecule has 0 atom stereocenters. The van der Waals surface area contributed by atoms with Crippen LogP contribution >= 0.6 is 0 Å². The van der Waals surface area contributed by atoms with Crippen LogP contribution in [0.25, 0.3) is 10.9 Å². The molecule has 1 N–H and O–H groups in total. The fourth-order valence-corrected chi connectivity index (χ4v) is 3.68. The minimum atomic E-state index is -0.226. The van der Waals surface area contributed by atoms with Crippen molar-refractivity contribution in [2.24, 2.45) is 0 Å². The summed E-state index contributed by atoms with van der Waals surface area (Å²) in [5, 5.41) is 3.95. The van der Waals surface area contributed by atoms with Gasteiger partial charge in [-0.15, -0.1) is 0 Å². The molecule has 5 heteroatoms. The molecular formula is C22H22FN3O. The molecule has 0 radical (unpaired) electrons. The number of nitrogens with zero attached hydrogens (tertiary/aromatic N) is 2. The molecule has 0 aliphatic carbocycles. The first kappa shape index (κ1) is 17.6. The molecule has 138 valence electrons. The van der Waals surface area contributed by atoms with Crippen LogP contribution in [0.4, 0.5) is 4.39 Å². The Kier molecular flexibility index (Phi) is 5.12. The molecule has 2 heterocycles. The smallest absolute Gasteiger partial charge is 0.251 e. The van der Waals surface area contributed by atoms with E-state index < -0.39 is 0 Å². The average Bonchev–Trinajstić information content (AvgIpc) is 2.70. The van der Waals surface area contributed by atoms with E-state index in [9.17, 15) is 9.18 Å². The zero-order valence-corrected chi connectivity index (χ0v) is 15.1. The summed E-state index contributed by atoms with van der Waals surface area (Å²) in [5.41, 5.74) is 2.47. The van der Waals surface area contributed by atoms with Gasteiger partial charge in [0.25, 0.3) is 5.91 Å². The predicted octanol–water partition coefficient (Wildman–Crippen LogP) is 3.77. The number of pyridine rings is 1. The van der Waals surface area contributed by atoms with Crippen molar-refractivity contribution in [2.45, 2.75) is 25.4 Å². The van der Waals surface area contributed by atoms with Gasteiger partial charge in [0, 0.05) is 42.8 Å². The zero-order chi connectivity index (χ0) is 18.6. The van der Waals surface area contributed by atoms with Gasteiger partial charge in [-0.25, -0.2) is 4.39 Å². The van der Waals surface area contributed by atoms with E-state index in [1.165, 1.54) is 6.07 Å². The first-order valence-electron chi connectivity index (χ1n) is 9.30. The summed E-state index contributed by atoms with van der Waals surface area (Å²) in [6, 6.07) is 16.3. The number of piperidine rings is 1. The van der Waals surface area contributed by atoms with E-state index >= 15 is 0 Å². The zero-order valence-electron chi connectivity index (χ0n) is 15.1. The van der Waals surface area contributed by atoms with Gasteiger partial charge in [-0.2, -0.15) is 0 Å². The number of carbonyl (C=O) groups is 1. The minimum absolute atomic E-state index is 0.0191. The van der Waals surface area contributed by atoms with E-state index in [-0.39, 0.29) is 17.8 Å². The van der Waals surface area contributed by atoms with Crippen molar-refractivity contribution >= 4 is 16.8 Å². The number of halogens is 1. The number of carbonyl (C=O) groups excluding carboxylic acids is 1. The van der Waals surface area contributed by atoms with Crippen LogP contribution in [0.2, 0.25) is 0 Å². The van der Waals surface area contributed by atoms with Crippen LogP contribution < -0.4 is 5.32 Å². The lowest BCUT2D eigenvalue weighted by Crippen LogP contribution is -2.44. The Balaban J connectivity index is 1.37. The van der Waals surface area contributed by atoms with Gasteiger partial charge in [0.2, 0.25) is 0 Å². The molecule has 27 heavy (non-hydrogen) atoms. The Morgan fingerprint density at radius 3 is 2.67 bits per heavy atom. The summed E-state index contributed by atoms with van der Waals surface area (Å²) in [6.07, 6.45) is 3.52. The van der Waals surface area contributed by atoms with E-state index in [4.69, 9.17) is 0 Å². The summed E-state index contributed by atoms with van der Waals surface area (Å²) in [4.78, 5) is 19.0. The molecule has 1 aliphatic heterocycles. The van der Waals surface area contributed by atoms with Crippen LogP contribution in [0.15, 0.2) is 60.8 Å². The van der Waals surface area contributed by atoms with Gasteiger partial charge in [0.1, 0.15) is 5.82 Å². The predicted molar refractivity (Wildman–Crippen MR) is 104 cm³/mol. The molecule has 1 aliphatic rings. The second kappa shape index (κ2) is 7.84. The van der Waals surface area contributed by atoms with E-state index in [2.05, 4.69) is 15.2 Å². The molecule has 1 aromatic heterocycles. The molecule has 4 nitrogen and oxygen atoms in total. The second-order valence-electron chi connectivity index (χ2n) is 7.03. The number of nitrogens with one attached hydrogen (secondary N) is 1. The Labute approximate surface area is 158 Å². The van der Waals surface area contributed by atoms with Crippen LogP contribution in [-0.2, 0) is 6.54 Å². The topological polar surface area (TPSA) is 45.2 Å². The standard InChI is InChI=1S/C22H22FN3O/c23-19-13-17-7-4-10-24-21(17)18(14-19)15-26-11-8-20(9-12-26)25-22(27)16-5-2-1-3-6-16/h1-7,10,13-14,20H,8-9,11-12,15H2,(H,25,27). The lowest BCUT2D eigenvalue weighted by atomic mass is 10.0. The molecule has 1 fully saturated rings. The van der Waals surface area contributed by atoms with Gasteiger partial charge in [-0.3, -0.25) is 14.7 Å². The van der Waals surface area contributed by atoms with Gasteiger partial charge in [-0.05, 0) is 48.7 Å². The number of fused-ring (bicyclic) bond motifs is 1. The van der Waals surface area contributed by atoms with E-state index in [0.29, 0.717) is 12.1 Å². The van der Waals surface area contributed by atoms with Crippen LogP contribution in [0.3, 0.4) is 0 Å². The number of likely N-dealkylation sites (tertiary alicyclic amines) is 1. The number of amides is 1. The highest BCUT2D eigenvalue weighted by molar-refractivity contribution is 5.94. The number of hydrogen-bond donors (Lipinski definition) is 1. The molecule has 0 unspecified atom stereocenters. The lowest BCUT2D eigenvalue weighted by Gasteiger charge is -2.32. The van der Waals surface area contributed by atoms with E-state index in [0.717, 1.165) is 42.4 Å². The number of hydrogen-bond acceptors (Lipinski definition) is 3. The maximum atomic E-state index is 13.9. The summed E-state index contributed by atoms with van der Waals surface area (Å²) >= 11 is 0. The van der Waals surface area contributed by atoms with Crippen molar-refractivity contribution < 1.29 is 9.18 Å². The first-order valence-corrected chi connectivity index (χ1v) is 9.30. The first-order chi connectivity index (χ1) is 13.2. The lowest BCUT2D eigenvalue weighted by molar-refractivity contribution is 0.0909. The third-order valence-corrected chi connectivity index (χ3v) is 5.10. The van der Waals surface area contributed by atoms with E-state index in [1.54, 1.807) is 12.3 Å². The SMILES string of the molecule is O=C(NC1CCN(Cc2cc(F)cc3cccnc23)CC1)c1ccccc1. The third-order valence-electron chi connectivity index (χ3n) is 5.10. The van der Waals surface area contributed by atoms with Crippen molar-refractivity contribution in [3.05, 3.63) is 77.7 Å². The highest BCUT2D eigenvalue weighted by Gasteiger charge is 2.22. The molecule has 0 bridgehead atoms. The van der Waals surface area contributed by atoms with Crippen LogP contribution in [0, 0.1) is 5.82 Å². The van der Waals surface area contributed by atoms with Gasteiger partial charge in [0.05, 0.1) is 5.52 Å². The van der Waals surface area contributed by atoms with Crippen molar-refractivity contribution in [3.8, 4) is 0 Å². The minimum Gasteiger partial charge on any atom is -0.349 e. The Hall–Kier alpha value is -2.79. The molecule has 0 spiro atoms. The van der Waals surface area contributed by atoms with Gasteiger partial charge < -0.3 is 5.32 Å². The second-order valence-corrected chi connectivity index (χ2v) is 7.03. The van der Waals surface area contributed by atoms with Crippen LogP contribution in [0.1, 0.15) is 28.8 Å². The highest BCUT2D eigenvalue weighted by Crippen LogP contribution is 2.22. The van der Waals surface area contributed by atoms with Crippen LogP contribution in [-0.4, -0.2) is 34.9 Å². The fourth-order valence-electron chi connectivity index (χ4n) is 3.68. The van der Waals surface area contributed by atoms with Crippen molar-refractivity contribution in [1.29, 1.82) is 0 Å². The largest absolute Gasteiger partial charge is 0.349 e. The maximum absolute atomic E-state index is 13.9. The molecule has 1 amide bonds. The fraction of sp³-hybridized carbons (Fsp3) is 0.273. The number of benzene rings is 2. The Bertz CT molecular complexity index is 937. The molecule has 2 aromatic carbocycles. The summed E-state index contributed by atoms with van der Waals surface area (Å²) < 4.78 is 13.9. The Morgan fingerprint density at radius 1 is 1.11 bits per heavy atom. The third kappa shape index (κ3) is 4.14. The molecule has 0 saturated carbocycles. The van der Waals surface area contributed by atoms with Crippen molar-refractivity contribution in [1.82, 2.24) is 15.2 Å². The monoisotopic (exact) mass is 363 g/mol. The van der Waals surface area contributed by atoms with Crippen molar-refractivity contribution in [2.75, 3.05) is 13.1 Å². The van der Waals surface area contributed by atoms with Gasteiger partial charge >= 0.3 is 0 Å². The average molecular weight is 363 g/mol. The number of aromatic nitrogens is 1. The Morgan fingerprint density at radius 2 is 1.89 bits per heavy atom. The van der Waals surface area contributed by atoms with Gasteiger partial charge in [0.15, 0.2) is 0 Å². The summed E-state index contributed by atoms with van der Waals surface area (Å²) in [6.45, 7) is 2.40. The summed E-state index contributed by atoms with van der Waals surface area (Å²) in [5.74, 6) is -0.245. The number of rotatable bonds is 4. The molecule has 3 aromatic rings. The van der Waals surface area contributed by atoms with Gasteiger partial charge in [-0.1, -0.05) is 24.3 Å². The molecule has 1 saturated heterocycles. The highest BCUT2D eigenvalue weighted by atomic mass is 19.1. The summed E-state index contributed by atoms with van der Waals surface area (Å²) in [7, 11) is 0. The van der Waals surface area contributed by atoms with Crippen LogP contribution in [0.5, 0.6) is 0 Å². The molecular weight excluding hydrogens is 341 g/mol. The van der Waals surface area contributed by atoms with Crippen molar-refractivity contribution in [3.63, 3.8) is 0 Å². The van der Waals surface area contributed by atoms with E-state index in [1.807, 2.05) is 42.5 Å². The quantitative estimate of drug-likeness (QED) is 0.767. The normalized spacial score (nSPS) is 15.7.